The summed E-state index contributed by atoms with van der Waals surface area (Å²) >= 11 is 5.33. The molecule has 1 aromatic carbocycles. The summed E-state index contributed by atoms with van der Waals surface area (Å²) in [5.41, 5.74) is 0.104. The summed E-state index contributed by atoms with van der Waals surface area (Å²) in [5.74, 6) is 0.418. The minimum Gasteiger partial charge on any atom is -0.507 e. The highest BCUT2D eigenvalue weighted by atomic mass is 35.5. The van der Waals surface area contributed by atoms with Gasteiger partial charge in [0.25, 0.3) is 5.24 Å². The Balaban J connectivity index is 1.73. The molecule has 2 rings (SSSR count). The maximum atomic E-state index is 11.0. The van der Waals surface area contributed by atoms with Crippen LogP contribution in [0.3, 0.4) is 0 Å². The normalized spacial score (nSPS) is 16.1. The zero-order chi connectivity index (χ0) is 14.4. The predicted molar refractivity (Wildman–Crippen MR) is 78.7 cm³/mol. The average molecular weight is 298 g/mol. The monoisotopic (exact) mass is 297 g/mol. The number of nitrogens with zero attached hydrogens (tertiary/aromatic N) is 1. The fraction of sp³-hybridized carbons (Fsp3) is 0.533. The SMILES string of the molecule is O=C(Cl)c1ccc(OCCCN2CCCCC2)cc1O. The van der Waals surface area contributed by atoms with E-state index in [2.05, 4.69) is 4.90 Å². The van der Waals surface area contributed by atoms with E-state index < -0.39 is 5.24 Å². The molecule has 0 amide bonds. The summed E-state index contributed by atoms with van der Waals surface area (Å²) in [5, 5.41) is 8.96. The van der Waals surface area contributed by atoms with Crippen LogP contribution in [0.5, 0.6) is 11.5 Å². The number of halogens is 1. The lowest BCUT2D eigenvalue weighted by molar-refractivity contribution is 0.107. The Bertz CT molecular complexity index is 458. The van der Waals surface area contributed by atoms with E-state index in [0.717, 1.165) is 13.0 Å². The van der Waals surface area contributed by atoms with Crippen molar-refractivity contribution in [3.63, 3.8) is 0 Å². The quantitative estimate of drug-likeness (QED) is 0.648. The number of likely N-dealkylation sites (tertiary alicyclic amines) is 1. The van der Waals surface area contributed by atoms with Crippen LogP contribution in [0.2, 0.25) is 0 Å². The molecule has 1 heterocycles. The van der Waals surface area contributed by atoms with Gasteiger partial charge in [0.1, 0.15) is 11.5 Å². The highest BCUT2D eigenvalue weighted by Crippen LogP contribution is 2.25. The molecule has 0 spiro atoms. The van der Waals surface area contributed by atoms with E-state index in [1.807, 2.05) is 0 Å². The lowest BCUT2D eigenvalue weighted by Crippen LogP contribution is -2.31. The van der Waals surface area contributed by atoms with Crippen molar-refractivity contribution in [1.29, 1.82) is 0 Å². The van der Waals surface area contributed by atoms with Crippen LogP contribution in [0.4, 0.5) is 0 Å². The maximum Gasteiger partial charge on any atom is 0.256 e. The smallest absolute Gasteiger partial charge is 0.256 e. The standard InChI is InChI=1S/C15H20ClNO3/c16-15(19)13-6-5-12(11-14(13)18)20-10-4-9-17-7-2-1-3-8-17/h5-6,11,18H,1-4,7-10H2. The third-order valence-electron chi connectivity index (χ3n) is 3.52. The van der Waals surface area contributed by atoms with Gasteiger partial charge in [-0.1, -0.05) is 6.42 Å². The number of benzene rings is 1. The van der Waals surface area contributed by atoms with Crippen LogP contribution in [0.25, 0.3) is 0 Å². The Morgan fingerprint density at radius 2 is 2.05 bits per heavy atom. The number of aromatic hydroxyl groups is 1. The average Bonchev–Trinajstić information content (AvgIpc) is 2.44. The molecule has 1 aliphatic heterocycles. The predicted octanol–water partition coefficient (Wildman–Crippen LogP) is 3.03. The van der Waals surface area contributed by atoms with E-state index >= 15 is 0 Å². The lowest BCUT2D eigenvalue weighted by atomic mass is 10.1. The van der Waals surface area contributed by atoms with Crippen molar-refractivity contribution in [1.82, 2.24) is 4.90 Å². The highest BCUT2D eigenvalue weighted by molar-refractivity contribution is 6.68. The zero-order valence-corrected chi connectivity index (χ0v) is 12.2. The van der Waals surface area contributed by atoms with Crippen LogP contribution in [-0.4, -0.2) is 41.5 Å². The molecule has 0 unspecified atom stereocenters. The summed E-state index contributed by atoms with van der Waals surface area (Å²) in [7, 11) is 0. The first-order chi connectivity index (χ1) is 9.66. The second-order valence-electron chi connectivity index (χ2n) is 5.06. The third-order valence-corrected chi connectivity index (χ3v) is 3.72. The maximum absolute atomic E-state index is 11.0. The molecule has 1 N–H and O–H groups in total. The van der Waals surface area contributed by atoms with E-state index in [9.17, 15) is 9.90 Å². The highest BCUT2D eigenvalue weighted by Gasteiger charge is 2.10. The van der Waals surface area contributed by atoms with E-state index in [0.29, 0.717) is 12.4 Å². The molecule has 110 valence electrons. The Labute approximate surface area is 124 Å². The number of hydrogen-bond acceptors (Lipinski definition) is 4. The minimum atomic E-state index is -0.667. The van der Waals surface area contributed by atoms with Gasteiger partial charge in [-0.25, -0.2) is 0 Å². The molecule has 1 aromatic rings. The van der Waals surface area contributed by atoms with Crippen molar-refractivity contribution in [2.45, 2.75) is 25.7 Å². The van der Waals surface area contributed by atoms with Crippen molar-refractivity contribution in [2.24, 2.45) is 0 Å². The van der Waals surface area contributed by atoms with Crippen molar-refractivity contribution < 1.29 is 14.6 Å². The molecule has 20 heavy (non-hydrogen) atoms. The van der Waals surface area contributed by atoms with Gasteiger partial charge in [0.05, 0.1) is 12.2 Å². The first kappa shape index (κ1) is 15.1. The number of phenols is 1. The van der Waals surface area contributed by atoms with Crippen molar-refractivity contribution in [3.8, 4) is 11.5 Å². The molecule has 0 radical (unpaired) electrons. The fourth-order valence-electron chi connectivity index (χ4n) is 2.43. The van der Waals surface area contributed by atoms with Gasteiger partial charge in [0.15, 0.2) is 0 Å². The number of phenolic OH excluding ortho intramolecular Hbond substituents is 1. The van der Waals surface area contributed by atoms with Crippen molar-refractivity contribution in [3.05, 3.63) is 23.8 Å². The number of carbonyl (C=O) groups is 1. The third kappa shape index (κ3) is 4.39. The molecule has 4 nitrogen and oxygen atoms in total. The molecule has 0 saturated carbocycles. The van der Waals surface area contributed by atoms with Gasteiger partial charge in [0, 0.05) is 12.6 Å². The molecule has 0 aliphatic carbocycles. The Morgan fingerprint density at radius 3 is 2.70 bits per heavy atom. The van der Waals surface area contributed by atoms with Crippen LogP contribution in [-0.2, 0) is 0 Å². The van der Waals surface area contributed by atoms with Crippen molar-refractivity contribution >= 4 is 16.8 Å². The summed E-state index contributed by atoms with van der Waals surface area (Å²) in [4.78, 5) is 13.4. The summed E-state index contributed by atoms with van der Waals surface area (Å²) in [6.45, 7) is 4.02. The first-order valence-corrected chi connectivity index (χ1v) is 7.42. The second-order valence-corrected chi connectivity index (χ2v) is 5.40. The number of carbonyl (C=O) groups excluding carboxylic acids is 1. The van der Waals surface area contributed by atoms with Gasteiger partial charge in [0.2, 0.25) is 0 Å². The Kier molecular flexibility index (Phi) is 5.68. The van der Waals surface area contributed by atoms with E-state index in [-0.39, 0.29) is 11.3 Å². The fourth-order valence-corrected chi connectivity index (χ4v) is 2.59. The number of rotatable bonds is 6. The van der Waals surface area contributed by atoms with E-state index in [4.69, 9.17) is 16.3 Å². The van der Waals surface area contributed by atoms with E-state index in [1.54, 1.807) is 6.07 Å². The van der Waals surface area contributed by atoms with Gasteiger partial charge in [-0.15, -0.1) is 0 Å². The van der Waals surface area contributed by atoms with Crippen LogP contribution in [0, 0.1) is 0 Å². The van der Waals surface area contributed by atoms with Crippen LogP contribution in [0.1, 0.15) is 36.0 Å². The topological polar surface area (TPSA) is 49.8 Å². The molecule has 5 heteroatoms. The van der Waals surface area contributed by atoms with Gasteiger partial charge in [-0.05, 0) is 56.1 Å². The molecule has 0 bridgehead atoms. The summed E-state index contributed by atoms with van der Waals surface area (Å²) in [6.07, 6.45) is 4.89. The molecular weight excluding hydrogens is 278 g/mol. The number of piperidine rings is 1. The molecule has 0 aromatic heterocycles. The molecule has 0 atom stereocenters. The van der Waals surface area contributed by atoms with Crippen LogP contribution < -0.4 is 4.74 Å². The molecule has 1 saturated heterocycles. The number of ether oxygens (including phenoxy) is 1. The zero-order valence-electron chi connectivity index (χ0n) is 11.5. The van der Waals surface area contributed by atoms with Gasteiger partial charge >= 0.3 is 0 Å². The van der Waals surface area contributed by atoms with Crippen LogP contribution in [0.15, 0.2) is 18.2 Å². The van der Waals surface area contributed by atoms with Crippen LogP contribution >= 0.6 is 11.6 Å². The summed E-state index contributed by atoms with van der Waals surface area (Å²) in [6, 6.07) is 4.55. The number of hydrogen-bond donors (Lipinski definition) is 1. The first-order valence-electron chi connectivity index (χ1n) is 7.05. The van der Waals surface area contributed by atoms with Crippen molar-refractivity contribution in [2.75, 3.05) is 26.2 Å². The summed E-state index contributed by atoms with van der Waals surface area (Å²) < 4.78 is 5.57. The van der Waals surface area contributed by atoms with E-state index in [1.165, 1.54) is 44.5 Å². The van der Waals surface area contributed by atoms with Gasteiger partial charge in [-0.3, -0.25) is 4.79 Å². The largest absolute Gasteiger partial charge is 0.507 e. The lowest BCUT2D eigenvalue weighted by Gasteiger charge is -2.26. The molecule has 1 fully saturated rings. The molecule has 1 aliphatic rings. The Morgan fingerprint density at radius 1 is 1.30 bits per heavy atom. The minimum absolute atomic E-state index is 0.104. The van der Waals surface area contributed by atoms with Gasteiger partial charge in [-0.2, -0.15) is 0 Å². The Hall–Kier alpha value is -1.26. The molecular formula is C15H20ClNO3. The second kappa shape index (κ2) is 7.50. The van der Waals surface area contributed by atoms with Gasteiger partial charge < -0.3 is 14.7 Å².